The van der Waals surface area contributed by atoms with E-state index in [1.54, 1.807) is 24.3 Å². The zero-order valence-corrected chi connectivity index (χ0v) is 16.1. The van der Waals surface area contributed by atoms with Gasteiger partial charge in [-0.15, -0.1) is 0 Å². The predicted molar refractivity (Wildman–Crippen MR) is 101 cm³/mol. The summed E-state index contributed by atoms with van der Waals surface area (Å²) in [5, 5.41) is 7.75. The minimum absolute atomic E-state index is 0.00302. The first-order valence-electron chi connectivity index (χ1n) is 8.92. The van der Waals surface area contributed by atoms with Gasteiger partial charge in [0, 0.05) is 18.5 Å². The molecular formula is C18H21N3O6S. The second kappa shape index (κ2) is 8.09. The highest BCUT2D eigenvalue weighted by Gasteiger charge is 2.37. The normalized spacial score (nSPS) is 22.3. The third kappa shape index (κ3) is 4.75. The van der Waals surface area contributed by atoms with Crippen LogP contribution in [0.2, 0.25) is 0 Å². The number of hydrogen-bond donors (Lipinski definition) is 1. The number of carbonyl (C=O) groups excluding carboxylic acids is 3. The maximum atomic E-state index is 12.4. The van der Waals surface area contributed by atoms with Crippen LogP contribution < -0.4 is 5.32 Å². The van der Waals surface area contributed by atoms with Crippen molar-refractivity contribution in [3.05, 3.63) is 30.3 Å². The molecule has 1 saturated heterocycles. The molecule has 0 radical (unpaired) electrons. The fourth-order valence-corrected chi connectivity index (χ4v) is 4.71. The van der Waals surface area contributed by atoms with Crippen molar-refractivity contribution in [1.29, 1.82) is 0 Å². The van der Waals surface area contributed by atoms with Gasteiger partial charge in [-0.1, -0.05) is 18.2 Å². The number of sulfone groups is 1. The van der Waals surface area contributed by atoms with E-state index < -0.39 is 33.9 Å². The van der Waals surface area contributed by atoms with Crippen LogP contribution in [-0.2, 0) is 29.0 Å². The van der Waals surface area contributed by atoms with Gasteiger partial charge in [-0.2, -0.15) is 5.10 Å². The Kier molecular flexibility index (Phi) is 5.78. The van der Waals surface area contributed by atoms with Crippen LogP contribution in [0.1, 0.15) is 26.2 Å². The number of ether oxygens (including phenoxy) is 1. The lowest BCUT2D eigenvalue weighted by atomic mass is 10.1. The number of amides is 2. The number of rotatable bonds is 5. The Morgan fingerprint density at radius 1 is 1.25 bits per heavy atom. The first-order valence-corrected chi connectivity index (χ1v) is 10.7. The van der Waals surface area contributed by atoms with Gasteiger partial charge in [0.15, 0.2) is 15.9 Å². The van der Waals surface area contributed by atoms with E-state index in [4.69, 9.17) is 4.74 Å². The Morgan fingerprint density at radius 3 is 2.61 bits per heavy atom. The van der Waals surface area contributed by atoms with Gasteiger partial charge in [-0.25, -0.2) is 18.2 Å². The molecule has 0 bridgehead atoms. The van der Waals surface area contributed by atoms with Crippen LogP contribution in [0.3, 0.4) is 0 Å². The molecule has 2 heterocycles. The van der Waals surface area contributed by atoms with Crippen molar-refractivity contribution in [1.82, 2.24) is 5.01 Å². The quantitative estimate of drug-likeness (QED) is 0.718. The van der Waals surface area contributed by atoms with Gasteiger partial charge in [0.1, 0.15) is 5.71 Å². The molecule has 3 rings (SSSR count). The molecule has 0 unspecified atom stereocenters. The van der Waals surface area contributed by atoms with E-state index >= 15 is 0 Å². The smallest absolute Gasteiger partial charge is 0.355 e. The van der Waals surface area contributed by atoms with Crippen LogP contribution in [0, 0.1) is 0 Å². The Morgan fingerprint density at radius 2 is 1.96 bits per heavy atom. The zero-order valence-electron chi connectivity index (χ0n) is 15.3. The van der Waals surface area contributed by atoms with Crippen LogP contribution in [-0.4, -0.2) is 60.6 Å². The molecule has 2 amide bonds. The molecule has 1 aromatic rings. The highest BCUT2D eigenvalue weighted by molar-refractivity contribution is 7.91. The van der Waals surface area contributed by atoms with E-state index in [2.05, 4.69) is 10.4 Å². The van der Waals surface area contributed by atoms with Crippen molar-refractivity contribution < 1.29 is 27.5 Å². The van der Waals surface area contributed by atoms with E-state index in [1.165, 1.54) is 6.92 Å². The summed E-state index contributed by atoms with van der Waals surface area (Å²) in [5.41, 5.74) is 0.577. The number of nitrogens with zero attached hydrogens (tertiary/aromatic N) is 2. The van der Waals surface area contributed by atoms with Gasteiger partial charge in [-0.05, 0) is 25.5 Å². The molecule has 1 fully saturated rings. The summed E-state index contributed by atoms with van der Waals surface area (Å²) in [6.45, 7) is 1.44. The summed E-state index contributed by atoms with van der Waals surface area (Å²) in [6.07, 6.45) is -0.653. The van der Waals surface area contributed by atoms with Crippen LogP contribution in [0.4, 0.5) is 5.69 Å². The molecule has 9 nitrogen and oxygen atoms in total. The first kappa shape index (κ1) is 20.0. The Hall–Kier alpha value is -2.75. The largest absolute Gasteiger partial charge is 0.448 e. The third-order valence-electron chi connectivity index (χ3n) is 4.54. The minimum Gasteiger partial charge on any atom is -0.448 e. The van der Waals surface area contributed by atoms with Crippen LogP contribution in [0.5, 0.6) is 0 Å². The SMILES string of the molecule is C[C@@H](OC(=O)C1=NN([C@@H]2CCS(=O)(=O)C2)C(=O)CC1)C(=O)Nc1ccccc1. The molecular weight excluding hydrogens is 386 g/mol. The predicted octanol–water partition coefficient (Wildman–Crippen LogP) is 0.722. The summed E-state index contributed by atoms with van der Waals surface area (Å²) in [5.74, 6) is -1.79. The third-order valence-corrected chi connectivity index (χ3v) is 6.29. The first-order chi connectivity index (χ1) is 13.2. The van der Waals surface area contributed by atoms with Crippen molar-refractivity contribution in [3.63, 3.8) is 0 Å². The van der Waals surface area contributed by atoms with E-state index in [1.807, 2.05) is 6.07 Å². The Balaban J connectivity index is 1.63. The molecule has 2 aliphatic heterocycles. The van der Waals surface area contributed by atoms with Gasteiger partial charge in [0.25, 0.3) is 5.91 Å². The van der Waals surface area contributed by atoms with Crippen molar-refractivity contribution in [2.45, 2.75) is 38.3 Å². The van der Waals surface area contributed by atoms with Gasteiger partial charge in [-0.3, -0.25) is 9.59 Å². The average Bonchev–Trinajstić information content (AvgIpc) is 3.02. The molecule has 2 atom stereocenters. The lowest BCUT2D eigenvalue weighted by molar-refractivity contribution is -0.147. The summed E-state index contributed by atoms with van der Waals surface area (Å²) in [4.78, 5) is 36.6. The summed E-state index contributed by atoms with van der Waals surface area (Å²) in [7, 11) is -3.20. The summed E-state index contributed by atoms with van der Waals surface area (Å²) < 4.78 is 28.5. The summed E-state index contributed by atoms with van der Waals surface area (Å²) in [6, 6.07) is 8.17. The molecule has 0 aliphatic carbocycles. The number of benzene rings is 1. The number of hydrogen-bond acceptors (Lipinski definition) is 7. The van der Waals surface area contributed by atoms with Crippen LogP contribution in [0.15, 0.2) is 35.4 Å². The number of carbonyl (C=O) groups is 3. The standard InChI is InChI=1S/C18H21N3O6S/c1-12(17(23)19-13-5-3-2-4-6-13)27-18(24)15-7-8-16(22)21(20-15)14-9-10-28(25,26)11-14/h2-6,12,14H,7-11H2,1H3,(H,19,23)/t12-,14-/m1/s1. The average molecular weight is 407 g/mol. The molecule has 28 heavy (non-hydrogen) atoms. The monoisotopic (exact) mass is 407 g/mol. The lowest BCUT2D eigenvalue weighted by Gasteiger charge is -2.27. The number of hydrazone groups is 1. The van der Waals surface area contributed by atoms with Gasteiger partial charge >= 0.3 is 5.97 Å². The van der Waals surface area contributed by atoms with E-state index in [9.17, 15) is 22.8 Å². The molecule has 1 N–H and O–H groups in total. The lowest BCUT2D eigenvalue weighted by Crippen LogP contribution is -2.42. The highest BCUT2D eigenvalue weighted by Crippen LogP contribution is 2.22. The van der Waals surface area contributed by atoms with Crippen molar-refractivity contribution >= 4 is 39.0 Å². The van der Waals surface area contributed by atoms with E-state index in [0.29, 0.717) is 5.69 Å². The highest BCUT2D eigenvalue weighted by atomic mass is 32.2. The fourth-order valence-electron chi connectivity index (χ4n) is 3.02. The minimum atomic E-state index is -3.20. The molecule has 0 spiro atoms. The molecule has 1 aromatic carbocycles. The topological polar surface area (TPSA) is 122 Å². The molecule has 150 valence electrons. The van der Waals surface area contributed by atoms with Gasteiger partial charge in [0.05, 0.1) is 17.5 Å². The van der Waals surface area contributed by atoms with Crippen LogP contribution in [0.25, 0.3) is 0 Å². The number of para-hydroxylation sites is 1. The second-order valence-corrected chi connectivity index (χ2v) is 8.97. The Bertz CT molecular complexity index is 913. The molecule has 10 heteroatoms. The molecule has 2 aliphatic rings. The number of anilines is 1. The fraction of sp³-hybridized carbons (Fsp3) is 0.444. The van der Waals surface area contributed by atoms with Crippen molar-refractivity contribution in [3.8, 4) is 0 Å². The molecule has 0 aromatic heterocycles. The van der Waals surface area contributed by atoms with E-state index in [0.717, 1.165) is 5.01 Å². The van der Waals surface area contributed by atoms with Gasteiger partial charge in [0.2, 0.25) is 5.91 Å². The van der Waals surface area contributed by atoms with Gasteiger partial charge < -0.3 is 10.1 Å². The number of esters is 1. The Labute approximate surface area is 162 Å². The maximum absolute atomic E-state index is 12.4. The number of nitrogens with one attached hydrogen (secondary N) is 1. The van der Waals surface area contributed by atoms with E-state index in [-0.39, 0.29) is 42.4 Å². The van der Waals surface area contributed by atoms with Crippen molar-refractivity contribution in [2.24, 2.45) is 5.10 Å². The van der Waals surface area contributed by atoms with Crippen molar-refractivity contribution in [2.75, 3.05) is 16.8 Å². The van der Waals surface area contributed by atoms with Crippen LogP contribution >= 0.6 is 0 Å². The summed E-state index contributed by atoms with van der Waals surface area (Å²) >= 11 is 0. The second-order valence-electron chi connectivity index (χ2n) is 6.74. The maximum Gasteiger partial charge on any atom is 0.355 e. The zero-order chi connectivity index (χ0) is 20.3. The molecule has 0 saturated carbocycles.